The number of carbonyl (C=O) groups is 1. The number of rotatable bonds is 4. The molecule has 0 spiro atoms. The van der Waals surface area contributed by atoms with Crippen molar-refractivity contribution in [2.24, 2.45) is 0 Å². The second kappa shape index (κ2) is 7.64. The summed E-state index contributed by atoms with van der Waals surface area (Å²) in [5, 5.41) is 2.11. The molecule has 4 rings (SSSR count). The van der Waals surface area contributed by atoms with Crippen LogP contribution in [0.3, 0.4) is 0 Å². The van der Waals surface area contributed by atoms with Crippen molar-refractivity contribution in [1.29, 1.82) is 0 Å². The van der Waals surface area contributed by atoms with E-state index in [2.05, 4.69) is 23.6 Å². The Balaban J connectivity index is 1.56. The van der Waals surface area contributed by atoms with Crippen LogP contribution >= 0.6 is 23.1 Å². The van der Waals surface area contributed by atoms with Crippen molar-refractivity contribution in [1.82, 2.24) is 4.90 Å². The van der Waals surface area contributed by atoms with Gasteiger partial charge in [0.05, 0.1) is 11.8 Å². The largest absolute Gasteiger partial charge is 0.330 e. The van der Waals surface area contributed by atoms with Crippen LogP contribution in [-0.2, 0) is 11.2 Å². The van der Waals surface area contributed by atoms with Crippen molar-refractivity contribution < 1.29 is 9.18 Å². The van der Waals surface area contributed by atoms with Gasteiger partial charge in [0.1, 0.15) is 5.82 Å². The molecular weight excluding hydrogens is 365 g/mol. The van der Waals surface area contributed by atoms with Gasteiger partial charge < -0.3 is 4.90 Å². The van der Waals surface area contributed by atoms with E-state index in [1.165, 1.54) is 34.3 Å². The zero-order chi connectivity index (χ0) is 17.9. The second-order valence-corrected chi connectivity index (χ2v) is 8.24. The molecule has 1 aromatic heterocycles. The summed E-state index contributed by atoms with van der Waals surface area (Å²) in [6, 6.07) is 18.6. The number of amides is 1. The number of fused-ring (bicyclic) bond motifs is 1. The lowest BCUT2D eigenvalue weighted by Crippen LogP contribution is -2.41. The van der Waals surface area contributed by atoms with Crippen molar-refractivity contribution in [3.05, 3.63) is 87.9 Å². The molecule has 0 aliphatic carbocycles. The molecule has 132 valence electrons. The first-order chi connectivity index (χ1) is 12.7. The van der Waals surface area contributed by atoms with Crippen LogP contribution in [0.1, 0.15) is 22.0 Å². The number of thiophene rings is 1. The summed E-state index contributed by atoms with van der Waals surface area (Å²) in [7, 11) is 0. The third-order valence-electron chi connectivity index (χ3n) is 4.58. The summed E-state index contributed by atoms with van der Waals surface area (Å²) in [6.07, 6.45) is 0.906. The maximum Gasteiger partial charge on any atom is 0.233 e. The lowest BCUT2D eigenvalue weighted by molar-refractivity contribution is -0.130. The maximum atomic E-state index is 13.0. The Morgan fingerprint density at radius 2 is 1.88 bits per heavy atom. The Morgan fingerprint density at radius 3 is 2.65 bits per heavy atom. The zero-order valence-electron chi connectivity index (χ0n) is 14.1. The smallest absolute Gasteiger partial charge is 0.233 e. The Bertz CT molecular complexity index is 892. The molecule has 3 aromatic rings. The van der Waals surface area contributed by atoms with E-state index in [-0.39, 0.29) is 17.8 Å². The number of thioether (sulfide) groups is 1. The molecule has 2 nitrogen and oxygen atoms in total. The third kappa shape index (κ3) is 3.55. The van der Waals surface area contributed by atoms with Crippen molar-refractivity contribution >= 4 is 29.0 Å². The van der Waals surface area contributed by atoms with Gasteiger partial charge in [-0.05, 0) is 53.3 Å². The van der Waals surface area contributed by atoms with E-state index in [1.807, 2.05) is 23.1 Å². The van der Waals surface area contributed by atoms with E-state index in [0.717, 1.165) is 23.4 Å². The Labute approximate surface area is 160 Å². The second-order valence-electron chi connectivity index (χ2n) is 6.19. The predicted molar refractivity (Wildman–Crippen MR) is 105 cm³/mol. The molecule has 1 amide bonds. The minimum atomic E-state index is -0.258. The number of halogens is 1. The molecular formula is C21H18FNOS2. The first-order valence-corrected chi connectivity index (χ1v) is 10.4. The predicted octanol–water partition coefficient (Wildman–Crippen LogP) is 5.15. The van der Waals surface area contributed by atoms with Crippen molar-refractivity contribution in [2.45, 2.75) is 17.4 Å². The van der Waals surface area contributed by atoms with Gasteiger partial charge in [0.15, 0.2) is 0 Å². The number of carbonyl (C=O) groups excluding carboxylic acids is 1. The van der Waals surface area contributed by atoms with E-state index < -0.39 is 0 Å². The summed E-state index contributed by atoms with van der Waals surface area (Å²) < 4.78 is 13.0. The third-order valence-corrected chi connectivity index (χ3v) is 6.57. The minimum absolute atomic E-state index is 0.0208. The zero-order valence-corrected chi connectivity index (χ0v) is 15.7. The average Bonchev–Trinajstić information content (AvgIpc) is 3.16. The van der Waals surface area contributed by atoms with Crippen LogP contribution in [0.5, 0.6) is 0 Å². The fraction of sp³-hybridized carbons (Fsp3) is 0.190. The Kier molecular flexibility index (Phi) is 5.09. The van der Waals surface area contributed by atoms with Crippen LogP contribution in [0.25, 0.3) is 0 Å². The number of nitrogens with zero attached hydrogens (tertiary/aromatic N) is 1. The van der Waals surface area contributed by atoms with E-state index in [9.17, 15) is 9.18 Å². The van der Waals surface area contributed by atoms with Crippen molar-refractivity contribution in [3.8, 4) is 0 Å². The number of hydrogen-bond acceptors (Lipinski definition) is 3. The van der Waals surface area contributed by atoms with Crippen LogP contribution in [-0.4, -0.2) is 23.1 Å². The highest BCUT2D eigenvalue weighted by Crippen LogP contribution is 2.38. The molecule has 0 N–H and O–H groups in total. The van der Waals surface area contributed by atoms with Gasteiger partial charge in [-0.2, -0.15) is 0 Å². The molecule has 5 heteroatoms. The monoisotopic (exact) mass is 383 g/mol. The molecule has 26 heavy (non-hydrogen) atoms. The van der Waals surface area contributed by atoms with Crippen LogP contribution in [0, 0.1) is 5.82 Å². The summed E-state index contributed by atoms with van der Waals surface area (Å²) in [6.45, 7) is 0.732. The highest BCUT2D eigenvalue weighted by molar-refractivity contribution is 8.00. The van der Waals surface area contributed by atoms with Crippen LogP contribution < -0.4 is 0 Å². The van der Waals surface area contributed by atoms with Gasteiger partial charge in [0.2, 0.25) is 5.91 Å². The highest BCUT2D eigenvalue weighted by atomic mass is 32.2. The van der Waals surface area contributed by atoms with E-state index in [4.69, 9.17) is 0 Å². The Morgan fingerprint density at radius 1 is 1.12 bits per heavy atom. The van der Waals surface area contributed by atoms with Crippen LogP contribution in [0.4, 0.5) is 4.39 Å². The lowest BCUT2D eigenvalue weighted by atomic mass is 9.93. The molecule has 0 saturated heterocycles. The van der Waals surface area contributed by atoms with E-state index in [1.54, 1.807) is 23.5 Å². The molecule has 0 bridgehead atoms. The molecule has 2 heterocycles. The van der Waals surface area contributed by atoms with E-state index >= 15 is 0 Å². The van der Waals surface area contributed by atoms with Gasteiger partial charge in [0.25, 0.3) is 0 Å². The first-order valence-electron chi connectivity index (χ1n) is 8.51. The fourth-order valence-electron chi connectivity index (χ4n) is 3.34. The van der Waals surface area contributed by atoms with Gasteiger partial charge in [0, 0.05) is 16.3 Å². The van der Waals surface area contributed by atoms with Gasteiger partial charge in [-0.3, -0.25) is 4.79 Å². The van der Waals surface area contributed by atoms with Gasteiger partial charge in [-0.25, -0.2) is 4.39 Å². The van der Waals surface area contributed by atoms with E-state index in [0.29, 0.717) is 5.75 Å². The summed E-state index contributed by atoms with van der Waals surface area (Å²) >= 11 is 3.23. The molecule has 1 atom stereocenters. The minimum Gasteiger partial charge on any atom is -0.330 e. The van der Waals surface area contributed by atoms with Crippen LogP contribution in [0.2, 0.25) is 0 Å². The molecule has 0 fully saturated rings. The number of benzene rings is 2. The quantitative estimate of drug-likeness (QED) is 0.581. The molecule has 0 radical (unpaired) electrons. The van der Waals surface area contributed by atoms with Crippen molar-refractivity contribution in [3.63, 3.8) is 0 Å². The van der Waals surface area contributed by atoms with Gasteiger partial charge >= 0.3 is 0 Å². The van der Waals surface area contributed by atoms with Gasteiger partial charge in [-0.1, -0.05) is 30.3 Å². The highest BCUT2D eigenvalue weighted by Gasteiger charge is 2.32. The SMILES string of the molecule is O=C(CSc1ccc(F)cc1)N1CCc2sccc2[C@H]1c1ccccc1. The molecule has 2 aromatic carbocycles. The molecule has 1 aliphatic rings. The molecule has 1 aliphatic heterocycles. The summed E-state index contributed by atoms with van der Waals surface area (Å²) in [4.78, 5) is 17.3. The standard InChI is InChI=1S/C21H18FNOS2/c22-16-6-8-17(9-7-16)26-14-20(24)23-12-10-19-18(11-13-25-19)21(23)15-4-2-1-3-5-15/h1-9,11,13,21H,10,12,14H2/t21-/m1/s1. The van der Waals surface area contributed by atoms with Gasteiger partial charge in [-0.15, -0.1) is 23.1 Å². The Hall–Kier alpha value is -2.11. The summed E-state index contributed by atoms with van der Waals surface area (Å²) in [5.41, 5.74) is 2.39. The normalized spacial score (nSPS) is 16.3. The molecule has 0 unspecified atom stereocenters. The maximum absolute atomic E-state index is 13.0. The summed E-state index contributed by atoms with van der Waals surface area (Å²) in [5.74, 6) is 0.213. The number of hydrogen-bond donors (Lipinski definition) is 0. The first kappa shape index (κ1) is 17.3. The average molecular weight is 384 g/mol. The fourth-order valence-corrected chi connectivity index (χ4v) is 5.03. The topological polar surface area (TPSA) is 20.3 Å². The van der Waals surface area contributed by atoms with Crippen molar-refractivity contribution in [2.75, 3.05) is 12.3 Å². The van der Waals surface area contributed by atoms with Crippen LogP contribution in [0.15, 0.2) is 70.9 Å². The lowest BCUT2D eigenvalue weighted by Gasteiger charge is -2.36. The molecule has 0 saturated carbocycles.